The fourth-order valence-corrected chi connectivity index (χ4v) is 4.64. The summed E-state index contributed by atoms with van der Waals surface area (Å²) < 4.78 is 0. The number of rotatable bonds is 4. The molecule has 0 radical (unpaired) electrons. The summed E-state index contributed by atoms with van der Waals surface area (Å²) in [7, 11) is 1.71. The lowest BCUT2D eigenvalue weighted by atomic mass is 9.85. The van der Waals surface area contributed by atoms with Crippen LogP contribution in [0.15, 0.2) is 23.8 Å². The van der Waals surface area contributed by atoms with Crippen LogP contribution in [0.2, 0.25) is 0 Å². The van der Waals surface area contributed by atoms with Crippen LogP contribution < -0.4 is 10.6 Å². The molecule has 2 heterocycles. The molecule has 1 saturated carbocycles. The molecule has 1 aliphatic carbocycles. The molecule has 0 aliphatic heterocycles. The maximum Gasteiger partial charge on any atom is 0.222 e. The Kier molecular flexibility index (Phi) is 5.26. The number of hydrogen-bond acceptors (Lipinski definition) is 6. The normalized spacial score (nSPS) is 19.5. The van der Waals surface area contributed by atoms with Crippen molar-refractivity contribution in [3.8, 4) is 10.4 Å². The van der Waals surface area contributed by atoms with Crippen LogP contribution in [0.4, 0.5) is 5.82 Å². The lowest BCUT2D eigenvalue weighted by Gasteiger charge is -2.29. The lowest BCUT2D eigenvalue weighted by molar-refractivity contribution is -0.125. The van der Waals surface area contributed by atoms with E-state index < -0.39 is 0 Å². The third-order valence-electron chi connectivity index (χ3n) is 5.50. The Morgan fingerprint density at radius 3 is 2.61 bits per heavy atom. The van der Waals surface area contributed by atoms with Crippen molar-refractivity contribution >= 4 is 34.0 Å². The highest BCUT2D eigenvalue weighted by Crippen LogP contribution is 2.33. The topological polar surface area (TPSA) is 79.8 Å². The van der Waals surface area contributed by atoms with Crippen molar-refractivity contribution in [2.75, 3.05) is 12.4 Å². The number of nitrogens with zero attached hydrogens (tertiary/aromatic N) is 3. The van der Waals surface area contributed by atoms with E-state index in [4.69, 9.17) is 4.98 Å². The number of aromatic nitrogens is 3. The average molecular weight is 396 g/mol. The molecule has 3 aromatic rings. The molecule has 146 valence electrons. The summed E-state index contributed by atoms with van der Waals surface area (Å²) >= 11 is 1.63. The molecule has 0 bridgehead atoms. The van der Waals surface area contributed by atoms with E-state index in [9.17, 15) is 4.79 Å². The number of thiazole rings is 1. The lowest BCUT2D eigenvalue weighted by Crippen LogP contribution is -2.34. The first-order valence-corrected chi connectivity index (χ1v) is 10.6. The molecular weight excluding hydrogens is 370 g/mol. The minimum Gasteiger partial charge on any atom is -0.367 e. The molecule has 1 amide bonds. The third-order valence-corrected chi connectivity index (χ3v) is 6.33. The number of hydrogen-bond donors (Lipinski definition) is 2. The van der Waals surface area contributed by atoms with Crippen molar-refractivity contribution in [1.29, 1.82) is 0 Å². The van der Waals surface area contributed by atoms with Gasteiger partial charge in [0.25, 0.3) is 0 Å². The van der Waals surface area contributed by atoms with Crippen LogP contribution in [0.5, 0.6) is 0 Å². The Morgan fingerprint density at radius 1 is 1.14 bits per heavy atom. The van der Waals surface area contributed by atoms with Gasteiger partial charge in [-0.05, 0) is 62.8 Å². The molecule has 1 fully saturated rings. The number of carbonyl (C=O) groups is 1. The number of nitrogens with one attached hydrogen (secondary N) is 2. The van der Waals surface area contributed by atoms with Crippen molar-refractivity contribution in [2.45, 2.75) is 45.6 Å². The van der Waals surface area contributed by atoms with E-state index in [1.165, 1.54) is 0 Å². The summed E-state index contributed by atoms with van der Waals surface area (Å²) in [5.41, 5.74) is 5.12. The monoisotopic (exact) mass is 395 g/mol. The molecule has 0 saturated heterocycles. The first-order chi connectivity index (χ1) is 13.5. The number of fused-ring (bicyclic) bond motifs is 1. The fourth-order valence-electron chi connectivity index (χ4n) is 4.03. The Labute approximate surface area is 168 Å². The summed E-state index contributed by atoms with van der Waals surface area (Å²) in [6, 6.07) is 4.65. The number of amides is 1. The Morgan fingerprint density at radius 2 is 1.93 bits per heavy atom. The van der Waals surface area contributed by atoms with E-state index in [0.29, 0.717) is 6.04 Å². The standard InChI is InChI=1S/C21H25N5OS/c1-12-8-15(18-10-23-11-28-18)9-17-19(12)24-13(2)25-20(17)26-16-6-4-14(5-7-16)21(27)22-3/h8-11,14,16H,4-7H2,1-3H3,(H,22,27)(H,24,25,26). The maximum absolute atomic E-state index is 11.9. The molecule has 2 N–H and O–H groups in total. The molecule has 0 spiro atoms. The quantitative estimate of drug-likeness (QED) is 0.696. The average Bonchev–Trinajstić information content (AvgIpc) is 3.23. The molecule has 0 atom stereocenters. The second-order valence-electron chi connectivity index (χ2n) is 7.48. The van der Waals surface area contributed by atoms with Crippen molar-refractivity contribution < 1.29 is 4.79 Å². The van der Waals surface area contributed by atoms with Crippen LogP contribution in [0.3, 0.4) is 0 Å². The van der Waals surface area contributed by atoms with Crippen molar-refractivity contribution in [3.63, 3.8) is 0 Å². The van der Waals surface area contributed by atoms with Crippen LogP contribution in [0.25, 0.3) is 21.3 Å². The zero-order chi connectivity index (χ0) is 19.7. The van der Waals surface area contributed by atoms with Crippen LogP contribution in [-0.4, -0.2) is 33.9 Å². The molecular formula is C21H25N5OS. The summed E-state index contributed by atoms with van der Waals surface area (Å²) in [5.74, 6) is 1.95. The highest BCUT2D eigenvalue weighted by Gasteiger charge is 2.26. The van der Waals surface area contributed by atoms with Crippen molar-refractivity contribution in [2.24, 2.45) is 5.92 Å². The zero-order valence-electron chi connectivity index (χ0n) is 16.5. The highest BCUT2D eigenvalue weighted by atomic mass is 32.1. The van der Waals surface area contributed by atoms with Gasteiger partial charge in [-0.2, -0.15) is 0 Å². The van der Waals surface area contributed by atoms with Crippen LogP contribution in [0.1, 0.15) is 37.1 Å². The first-order valence-electron chi connectivity index (χ1n) is 9.71. The van der Waals surface area contributed by atoms with Gasteiger partial charge in [0.15, 0.2) is 0 Å². The number of carbonyl (C=O) groups excluding carboxylic acids is 1. The minimum absolute atomic E-state index is 0.132. The predicted octanol–water partition coefficient (Wildman–Crippen LogP) is 4.09. The number of aryl methyl sites for hydroxylation is 2. The van der Waals surface area contributed by atoms with Gasteiger partial charge in [-0.1, -0.05) is 0 Å². The molecule has 28 heavy (non-hydrogen) atoms. The Hall–Kier alpha value is -2.54. The van der Waals surface area contributed by atoms with Gasteiger partial charge in [0.1, 0.15) is 11.6 Å². The van der Waals surface area contributed by atoms with Gasteiger partial charge in [-0.3, -0.25) is 9.78 Å². The highest BCUT2D eigenvalue weighted by molar-refractivity contribution is 7.13. The van der Waals surface area contributed by atoms with E-state index in [1.807, 2.05) is 18.6 Å². The molecule has 1 aliphatic rings. The van der Waals surface area contributed by atoms with Crippen LogP contribution >= 0.6 is 11.3 Å². The summed E-state index contributed by atoms with van der Waals surface area (Å²) in [6.07, 6.45) is 5.65. The van der Waals surface area contributed by atoms with E-state index in [2.05, 4.69) is 39.7 Å². The second-order valence-corrected chi connectivity index (χ2v) is 8.37. The summed E-state index contributed by atoms with van der Waals surface area (Å²) in [5, 5.41) is 7.46. The smallest absolute Gasteiger partial charge is 0.222 e. The van der Waals surface area contributed by atoms with E-state index in [1.54, 1.807) is 18.4 Å². The molecule has 4 rings (SSSR count). The largest absolute Gasteiger partial charge is 0.367 e. The van der Waals surface area contributed by atoms with E-state index >= 15 is 0 Å². The van der Waals surface area contributed by atoms with Crippen LogP contribution in [0, 0.1) is 19.8 Å². The van der Waals surface area contributed by atoms with E-state index in [-0.39, 0.29) is 11.8 Å². The van der Waals surface area contributed by atoms with Crippen molar-refractivity contribution in [1.82, 2.24) is 20.3 Å². The maximum atomic E-state index is 11.9. The van der Waals surface area contributed by atoms with Gasteiger partial charge in [-0.25, -0.2) is 9.97 Å². The fraction of sp³-hybridized carbons (Fsp3) is 0.429. The summed E-state index contributed by atoms with van der Waals surface area (Å²) in [6.45, 7) is 4.03. The number of anilines is 1. The van der Waals surface area contributed by atoms with Gasteiger partial charge in [-0.15, -0.1) is 11.3 Å². The molecule has 6 nitrogen and oxygen atoms in total. The SMILES string of the molecule is CNC(=O)C1CCC(Nc2nc(C)nc3c(C)cc(-c4cncs4)cc23)CC1. The van der Waals surface area contributed by atoms with Gasteiger partial charge in [0.2, 0.25) is 5.91 Å². The molecule has 2 aromatic heterocycles. The molecule has 7 heteroatoms. The third kappa shape index (κ3) is 3.71. The Balaban J connectivity index is 1.64. The minimum atomic E-state index is 0.132. The molecule has 0 unspecified atom stereocenters. The Bertz CT molecular complexity index is 994. The predicted molar refractivity (Wildman–Crippen MR) is 114 cm³/mol. The van der Waals surface area contributed by atoms with Gasteiger partial charge in [0, 0.05) is 30.6 Å². The number of benzene rings is 1. The zero-order valence-corrected chi connectivity index (χ0v) is 17.3. The van der Waals surface area contributed by atoms with Crippen molar-refractivity contribution in [3.05, 3.63) is 35.2 Å². The molecule has 1 aromatic carbocycles. The first kappa shape index (κ1) is 18.8. The van der Waals surface area contributed by atoms with E-state index in [0.717, 1.165) is 64.2 Å². The second kappa shape index (κ2) is 7.83. The van der Waals surface area contributed by atoms with Crippen LogP contribution in [-0.2, 0) is 4.79 Å². The van der Waals surface area contributed by atoms with Gasteiger partial charge >= 0.3 is 0 Å². The van der Waals surface area contributed by atoms with Gasteiger partial charge < -0.3 is 10.6 Å². The van der Waals surface area contributed by atoms with Gasteiger partial charge in [0.05, 0.1) is 15.9 Å². The summed E-state index contributed by atoms with van der Waals surface area (Å²) in [4.78, 5) is 26.6.